The Morgan fingerprint density at radius 3 is 2.47 bits per heavy atom. The lowest BCUT2D eigenvalue weighted by molar-refractivity contribution is -0.119. The summed E-state index contributed by atoms with van der Waals surface area (Å²) in [5, 5.41) is 0. The monoisotopic (exact) mass is 258 g/mol. The van der Waals surface area contributed by atoms with Gasteiger partial charge in [0.05, 0.1) is 0 Å². The average Bonchev–Trinajstić information content (AvgIpc) is 2.62. The molecule has 0 saturated heterocycles. The normalized spacial score (nSPS) is 17.2. The molecule has 1 aliphatic carbocycles. The fraction of sp³-hybridized carbons (Fsp3) is 0.611. The molecule has 0 amide bonds. The van der Waals surface area contributed by atoms with E-state index in [-0.39, 0.29) is 0 Å². The van der Waals surface area contributed by atoms with Crippen LogP contribution >= 0.6 is 0 Å². The predicted molar refractivity (Wildman–Crippen MR) is 80.4 cm³/mol. The summed E-state index contributed by atoms with van der Waals surface area (Å²) in [5.41, 5.74) is 3.72. The van der Waals surface area contributed by atoms with Crippen LogP contribution in [-0.4, -0.2) is 5.78 Å². The molecule has 2 rings (SSSR count). The first kappa shape index (κ1) is 14.3. The largest absolute Gasteiger partial charge is 0.299 e. The SMILES string of the molecule is Cc1ccc(C)c(CC(=O)CC2CCCCCC2)c1. The van der Waals surface area contributed by atoms with Crippen molar-refractivity contribution in [1.82, 2.24) is 0 Å². The van der Waals surface area contributed by atoms with Crippen molar-refractivity contribution in [1.29, 1.82) is 0 Å². The van der Waals surface area contributed by atoms with Gasteiger partial charge in [-0.3, -0.25) is 4.79 Å². The minimum atomic E-state index is 0.431. The van der Waals surface area contributed by atoms with Crippen molar-refractivity contribution in [3.63, 3.8) is 0 Å². The van der Waals surface area contributed by atoms with Gasteiger partial charge in [-0.05, 0) is 30.9 Å². The topological polar surface area (TPSA) is 17.1 Å². The Morgan fingerprint density at radius 2 is 1.79 bits per heavy atom. The van der Waals surface area contributed by atoms with Gasteiger partial charge in [0.2, 0.25) is 0 Å². The van der Waals surface area contributed by atoms with E-state index in [0.29, 0.717) is 18.1 Å². The summed E-state index contributed by atoms with van der Waals surface area (Å²) in [4.78, 5) is 12.3. The number of Topliss-reactive ketones (excluding diaryl/α,β-unsaturated/α-hetero) is 1. The minimum Gasteiger partial charge on any atom is -0.299 e. The van der Waals surface area contributed by atoms with Crippen LogP contribution < -0.4 is 0 Å². The molecule has 19 heavy (non-hydrogen) atoms. The highest BCUT2D eigenvalue weighted by atomic mass is 16.1. The van der Waals surface area contributed by atoms with Crippen molar-refractivity contribution in [3.8, 4) is 0 Å². The minimum absolute atomic E-state index is 0.431. The molecule has 0 radical (unpaired) electrons. The lowest BCUT2D eigenvalue weighted by Gasteiger charge is -2.13. The maximum Gasteiger partial charge on any atom is 0.137 e. The summed E-state index contributed by atoms with van der Waals surface area (Å²) in [6, 6.07) is 6.42. The summed E-state index contributed by atoms with van der Waals surface area (Å²) in [5.74, 6) is 1.08. The van der Waals surface area contributed by atoms with Crippen LogP contribution in [0.5, 0.6) is 0 Å². The first-order chi connectivity index (χ1) is 9.15. The van der Waals surface area contributed by atoms with Crippen LogP contribution in [0.25, 0.3) is 0 Å². The zero-order valence-electron chi connectivity index (χ0n) is 12.4. The number of hydrogen-bond donors (Lipinski definition) is 0. The molecular formula is C18H26O. The Hall–Kier alpha value is -1.11. The zero-order chi connectivity index (χ0) is 13.7. The lowest BCUT2D eigenvalue weighted by Crippen LogP contribution is -2.11. The third-order valence-electron chi connectivity index (χ3n) is 4.38. The third kappa shape index (κ3) is 4.49. The second-order valence-corrected chi connectivity index (χ2v) is 6.21. The summed E-state index contributed by atoms with van der Waals surface area (Å²) in [6.45, 7) is 4.20. The zero-order valence-corrected chi connectivity index (χ0v) is 12.4. The summed E-state index contributed by atoms with van der Waals surface area (Å²) >= 11 is 0. The number of ketones is 1. The van der Waals surface area contributed by atoms with Crippen LogP contribution in [0.2, 0.25) is 0 Å². The molecule has 1 heteroatoms. The van der Waals surface area contributed by atoms with Gasteiger partial charge in [-0.1, -0.05) is 62.3 Å². The molecule has 1 nitrogen and oxygen atoms in total. The summed E-state index contributed by atoms with van der Waals surface area (Å²) in [6.07, 6.45) is 9.32. The number of carbonyl (C=O) groups excluding carboxylic acids is 1. The van der Waals surface area contributed by atoms with Gasteiger partial charge < -0.3 is 0 Å². The molecule has 1 fully saturated rings. The number of carbonyl (C=O) groups is 1. The maximum atomic E-state index is 12.3. The van der Waals surface area contributed by atoms with E-state index in [4.69, 9.17) is 0 Å². The van der Waals surface area contributed by atoms with Gasteiger partial charge in [-0.15, -0.1) is 0 Å². The van der Waals surface area contributed by atoms with Crippen LogP contribution in [-0.2, 0) is 11.2 Å². The van der Waals surface area contributed by atoms with Crippen molar-refractivity contribution >= 4 is 5.78 Å². The van der Waals surface area contributed by atoms with E-state index in [1.165, 1.54) is 55.2 Å². The van der Waals surface area contributed by atoms with Crippen molar-refractivity contribution < 1.29 is 4.79 Å². The van der Waals surface area contributed by atoms with E-state index in [2.05, 4.69) is 32.0 Å². The number of rotatable bonds is 4. The summed E-state index contributed by atoms with van der Waals surface area (Å²) < 4.78 is 0. The van der Waals surface area contributed by atoms with Gasteiger partial charge in [0.15, 0.2) is 0 Å². The van der Waals surface area contributed by atoms with Gasteiger partial charge in [0.1, 0.15) is 5.78 Å². The fourth-order valence-electron chi connectivity index (χ4n) is 3.17. The van der Waals surface area contributed by atoms with E-state index in [9.17, 15) is 4.79 Å². The highest BCUT2D eigenvalue weighted by molar-refractivity contribution is 5.81. The third-order valence-corrected chi connectivity index (χ3v) is 4.38. The molecule has 0 bridgehead atoms. The molecule has 0 aromatic heterocycles. The Bertz CT molecular complexity index is 425. The molecule has 0 spiro atoms. The molecule has 104 valence electrons. The smallest absolute Gasteiger partial charge is 0.137 e. The van der Waals surface area contributed by atoms with Gasteiger partial charge >= 0.3 is 0 Å². The van der Waals surface area contributed by atoms with Gasteiger partial charge in [0, 0.05) is 12.8 Å². The molecule has 1 aromatic rings. The van der Waals surface area contributed by atoms with Gasteiger partial charge in [-0.2, -0.15) is 0 Å². The Balaban J connectivity index is 1.91. The van der Waals surface area contributed by atoms with Crippen LogP contribution in [0.1, 0.15) is 61.6 Å². The standard InChI is InChI=1S/C18H26O/c1-14-9-10-15(2)17(11-14)13-18(19)12-16-7-5-3-4-6-8-16/h9-11,16H,3-8,12-13H2,1-2H3. The first-order valence-corrected chi connectivity index (χ1v) is 7.73. The molecule has 0 N–H and O–H groups in total. The molecule has 0 aliphatic heterocycles. The fourth-order valence-corrected chi connectivity index (χ4v) is 3.17. The summed E-state index contributed by atoms with van der Waals surface area (Å²) in [7, 11) is 0. The highest BCUT2D eigenvalue weighted by Crippen LogP contribution is 2.26. The van der Waals surface area contributed by atoms with Gasteiger partial charge in [-0.25, -0.2) is 0 Å². The maximum absolute atomic E-state index is 12.3. The number of benzene rings is 1. The van der Waals surface area contributed by atoms with Gasteiger partial charge in [0.25, 0.3) is 0 Å². The number of hydrogen-bond acceptors (Lipinski definition) is 1. The van der Waals surface area contributed by atoms with Crippen LogP contribution in [0.3, 0.4) is 0 Å². The van der Waals surface area contributed by atoms with E-state index in [1.807, 2.05) is 0 Å². The average molecular weight is 258 g/mol. The van der Waals surface area contributed by atoms with Crippen molar-refractivity contribution in [3.05, 3.63) is 34.9 Å². The Labute approximate surface area is 117 Å². The quantitative estimate of drug-likeness (QED) is 0.711. The van der Waals surface area contributed by atoms with Crippen molar-refractivity contribution in [2.24, 2.45) is 5.92 Å². The molecule has 1 saturated carbocycles. The molecule has 1 aliphatic rings. The van der Waals surface area contributed by atoms with E-state index >= 15 is 0 Å². The van der Waals surface area contributed by atoms with E-state index in [0.717, 1.165) is 6.42 Å². The molecule has 0 unspecified atom stereocenters. The second-order valence-electron chi connectivity index (χ2n) is 6.21. The molecular weight excluding hydrogens is 232 g/mol. The molecule has 0 heterocycles. The first-order valence-electron chi connectivity index (χ1n) is 7.73. The van der Waals surface area contributed by atoms with Crippen LogP contribution in [0.15, 0.2) is 18.2 Å². The lowest BCUT2D eigenvalue weighted by atomic mass is 9.91. The van der Waals surface area contributed by atoms with E-state index < -0.39 is 0 Å². The van der Waals surface area contributed by atoms with Crippen molar-refractivity contribution in [2.45, 2.75) is 65.2 Å². The van der Waals surface area contributed by atoms with Crippen molar-refractivity contribution in [2.75, 3.05) is 0 Å². The molecule has 1 aromatic carbocycles. The second kappa shape index (κ2) is 6.88. The Kier molecular flexibility index (Phi) is 5.18. The highest BCUT2D eigenvalue weighted by Gasteiger charge is 2.16. The molecule has 0 atom stereocenters. The predicted octanol–water partition coefficient (Wildman–Crippen LogP) is 4.78. The Morgan fingerprint density at radius 1 is 1.11 bits per heavy atom. The number of aryl methyl sites for hydroxylation is 2. The van der Waals surface area contributed by atoms with Crippen LogP contribution in [0.4, 0.5) is 0 Å². The van der Waals surface area contributed by atoms with Crippen LogP contribution in [0, 0.1) is 19.8 Å². The van der Waals surface area contributed by atoms with E-state index in [1.54, 1.807) is 0 Å².